The fraction of sp³-hybridized carbons (Fsp3) is 0.190. The fourth-order valence-corrected chi connectivity index (χ4v) is 2.83. The van der Waals surface area contributed by atoms with Crippen LogP contribution in [0.3, 0.4) is 0 Å². The summed E-state index contributed by atoms with van der Waals surface area (Å²) in [5.41, 5.74) is 2.82. The molecule has 0 saturated carbocycles. The minimum absolute atomic E-state index is 0.0620. The van der Waals surface area contributed by atoms with E-state index in [1.807, 2.05) is 32.0 Å². The van der Waals surface area contributed by atoms with Gasteiger partial charge in [-0.1, -0.05) is 29.3 Å². The molecule has 0 heterocycles. The number of aryl methyl sites for hydroxylation is 2. The molecule has 0 atom stereocenters. The van der Waals surface area contributed by atoms with Crippen LogP contribution < -0.4 is 14.8 Å². The lowest BCUT2D eigenvalue weighted by atomic mass is 10.1. The molecule has 0 spiro atoms. The Hall–Kier alpha value is -3.50. The number of hydrogen-bond donors (Lipinski definition) is 2. The second kappa shape index (κ2) is 9.62. The minimum Gasteiger partial charge on any atom is -0.493 e. The molecule has 2 N–H and O–H groups in total. The van der Waals surface area contributed by atoms with Gasteiger partial charge in [-0.05, 0) is 49.2 Å². The van der Waals surface area contributed by atoms with Gasteiger partial charge in [-0.3, -0.25) is 4.79 Å². The van der Waals surface area contributed by atoms with Gasteiger partial charge in [0.05, 0.1) is 12.1 Å². The summed E-state index contributed by atoms with van der Waals surface area (Å²) >= 11 is 6.16. The predicted molar refractivity (Wildman–Crippen MR) is 109 cm³/mol. The monoisotopic (exact) mass is 414 g/mol. The lowest BCUT2D eigenvalue weighted by Gasteiger charge is -2.12. The van der Waals surface area contributed by atoms with Gasteiger partial charge in [-0.2, -0.15) is 5.26 Å². The van der Waals surface area contributed by atoms with Gasteiger partial charge in [0.1, 0.15) is 11.6 Å². The quantitative estimate of drug-likeness (QED) is 0.524. The number of rotatable bonds is 7. The van der Waals surface area contributed by atoms with Gasteiger partial charge in [0.2, 0.25) is 0 Å². The molecule has 1 amide bonds. The van der Waals surface area contributed by atoms with Gasteiger partial charge in [-0.25, -0.2) is 4.79 Å². The topological polar surface area (TPSA) is 109 Å². The Labute approximate surface area is 173 Å². The molecule has 29 heavy (non-hydrogen) atoms. The Morgan fingerprint density at radius 3 is 2.59 bits per heavy atom. The molecule has 0 aliphatic rings. The standard InChI is InChI=1S/C21H19ClN2O5/c1-12-4-5-17(13(2)6-12)24-21(27)15(10-23)7-14-8-16(22)20(18(9-14)28-3)29-11-19(25)26/h4-9H,11H2,1-3H3,(H,24,27)(H,25,26)/b15-7+. The zero-order chi connectivity index (χ0) is 21.6. The summed E-state index contributed by atoms with van der Waals surface area (Å²) in [4.78, 5) is 23.2. The van der Waals surface area contributed by atoms with E-state index in [0.717, 1.165) is 11.1 Å². The van der Waals surface area contributed by atoms with Crippen LogP contribution in [0.25, 0.3) is 6.08 Å². The van der Waals surface area contributed by atoms with E-state index >= 15 is 0 Å². The number of halogens is 1. The van der Waals surface area contributed by atoms with Crippen molar-refractivity contribution in [3.63, 3.8) is 0 Å². The smallest absolute Gasteiger partial charge is 0.341 e. The van der Waals surface area contributed by atoms with Crippen molar-refractivity contribution in [2.75, 3.05) is 19.0 Å². The molecule has 2 aromatic rings. The van der Waals surface area contributed by atoms with Gasteiger partial charge < -0.3 is 19.9 Å². The first kappa shape index (κ1) is 21.8. The zero-order valence-electron chi connectivity index (χ0n) is 16.1. The van der Waals surface area contributed by atoms with E-state index in [0.29, 0.717) is 11.3 Å². The van der Waals surface area contributed by atoms with Crippen molar-refractivity contribution in [2.45, 2.75) is 13.8 Å². The molecule has 0 bridgehead atoms. The Morgan fingerprint density at radius 2 is 2.00 bits per heavy atom. The van der Waals surface area contributed by atoms with E-state index in [4.69, 9.17) is 26.2 Å². The number of nitrogens with zero attached hydrogens (tertiary/aromatic N) is 1. The molecule has 0 unspecified atom stereocenters. The number of carboxylic acid groups (broad SMARTS) is 1. The second-order valence-electron chi connectivity index (χ2n) is 6.16. The van der Waals surface area contributed by atoms with Crippen LogP contribution in [0.2, 0.25) is 5.02 Å². The maximum atomic E-state index is 12.5. The Kier molecular flexibility index (Phi) is 7.23. The number of hydrogen-bond acceptors (Lipinski definition) is 5. The van der Waals surface area contributed by atoms with Gasteiger partial charge >= 0.3 is 5.97 Å². The van der Waals surface area contributed by atoms with E-state index in [-0.39, 0.29) is 22.1 Å². The summed E-state index contributed by atoms with van der Waals surface area (Å²) < 4.78 is 10.3. The van der Waals surface area contributed by atoms with Crippen molar-refractivity contribution in [3.8, 4) is 17.6 Å². The molecule has 0 aliphatic heterocycles. The normalized spacial score (nSPS) is 10.8. The minimum atomic E-state index is -1.16. The summed E-state index contributed by atoms with van der Waals surface area (Å²) in [5.74, 6) is -1.49. The highest BCUT2D eigenvalue weighted by Gasteiger charge is 2.15. The van der Waals surface area contributed by atoms with Gasteiger partial charge in [0, 0.05) is 5.69 Å². The maximum Gasteiger partial charge on any atom is 0.341 e. The van der Waals surface area contributed by atoms with Gasteiger partial charge in [-0.15, -0.1) is 0 Å². The average molecular weight is 415 g/mol. The van der Waals surface area contributed by atoms with Crippen LogP contribution in [-0.4, -0.2) is 30.7 Å². The number of aliphatic carboxylic acids is 1. The van der Waals surface area contributed by atoms with Crippen LogP contribution in [0, 0.1) is 25.2 Å². The van der Waals surface area contributed by atoms with Crippen LogP contribution in [0.4, 0.5) is 5.69 Å². The number of carbonyl (C=O) groups excluding carboxylic acids is 1. The molecule has 0 radical (unpaired) electrons. The van der Waals surface area contributed by atoms with E-state index in [1.165, 1.54) is 25.3 Å². The van der Waals surface area contributed by atoms with E-state index < -0.39 is 18.5 Å². The largest absolute Gasteiger partial charge is 0.493 e. The Balaban J connectivity index is 2.32. The maximum absolute atomic E-state index is 12.5. The van der Waals surface area contributed by atoms with Crippen molar-refractivity contribution < 1.29 is 24.2 Å². The molecular formula is C21H19ClN2O5. The van der Waals surface area contributed by atoms with Crippen LogP contribution in [0.1, 0.15) is 16.7 Å². The number of nitrogens with one attached hydrogen (secondary N) is 1. The summed E-state index contributed by atoms with van der Waals surface area (Å²) in [6.07, 6.45) is 1.36. The van der Waals surface area contributed by atoms with Crippen molar-refractivity contribution in [2.24, 2.45) is 0 Å². The van der Waals surface area contributed by atoms with Crippen LogP contribution in [0.15, 0.2) is 35.9 Å². The summed E-state index contributed by atoms with van der Waals surface area (Å²) in [5, 5.41) is 21.0. The fourth-order valence-electron chi connectivity index (χ4n) is 2.56. The zero-order valence-corrected chi connectivity index (χ0v) is 16.8. The highest BCUT2D eigenvalue weighted by atomic mass is 35.5. The lowest BCUT2D eigenvalue weighted by molar-refractivity contribution is -0.139. The summed E-state index contributed by atoms with van der Waals surface area (Å²) in [6.45, 7) is 3.21. The predicted octanol–water partition coefficient (Wildman–Crippen LogP) is 3.97. The molecule has 0 fully saturated rings. The first-order chi connectivity index (χ1) is 13.7. The van der Waals surface area contributed by atoms with Gasteiger partial charge in [0.15, 0.2) is 18.1 Å². The molecule has 2 aromatic carbocycles. The molecule has 7 nitrogen and oxygen atoms in total. The molecule has 0 aliphatic carbocycles. The number of nitriles is 1. The number of carbonyl (C=O) groups is 2. The molecule has 0 saturated heterocycles. The number of anilines is 1. The van der Waals surface area contributed by atoms with Crippen molar-refractivity contribution >= 4 is 35.2 Å². The third-order valence-corrected chi connectivity index (χ3v) is 4.18. The van der Waals surface area contributed by atoms with Crippen LogP contribution in [-0.2, 0) is 9.59 Å². The molecule has 8 heteroatoms. The number of methoxy groups -OCH3 is 1. The molecule has 0 aromatic heterocycles. The number of amides is 1. The van der Waals surface area contributed by atoms with Crippen molar-refractivity contribution in [1.82, 2.24) is 0 Å². The summed E-state index contributed by atoms with van der Waals surface area (Å²) in [7, 11) is 1.37. The first-order valence-corrected chi connectivity index (χ1v) is 8.85. The van der Waals surface area contributed by atoms with E-state index in [2.05, 4.69) is 5.32 Å². The number of benzene rings is 2. The summed E-state index contributed by atoms with van der Waals surface area (Å²) in [6, 6.07) is 10.4. The number of carboxylic acids is 1. The number of ether oxygens (including phenoxy) is 2. The van der Waals surface area contributed by atoms with E-state index in [1.54, 1.807) is 6.07 Å². The Bertz CT molecular complexity index is 1020. The van der Waals surface area contributed by atoms with Crippen molar-refractivity contribution in [3.05, 3.63) is 57.6 Å². The third kappa shape index (κ3) is 5.74. The van der Waals surface area contributed by atoms with Crippen molar-refractivity contribution in [1.29, 1.82) is 5.26 Å². The average Bonchev–Trinajstić information content (AvgIpc) is 2.66. The lowest BCUT2D eigenvalue weighted by Crippen LogP contribution is -2.14. The molecule has 2 rings (SSSR count). The first-order valence-electron chi connectivity index (χ1n) is 8.47. The molecule has 150 valence electrons. The SMILES string of the molecule is COc1cc(/C=C(\C#N)C(=O)Nc2ccc(C)cc2C)cc(Cl)c1OCC(=O)O. The third-order valence-electron chi connectivity index (χ3n) is 3.90. The van der Waals surface area contributed by atoms with Crippen LogP contribution in [0.5, 0.6) is 11.5 Å². The Morgan fingerprint density at radius 1 is 1.28 bits per heavy atom. The van der Waals surface area contributed by atoms with Crippen LogP contribution >= 0.6 is 11.6 Å². The second-order valence-corrected chi connectivity index (χ2v) is 6.57. The molecular weight excluding hydrogens is 396 g/mol. The highest BCUT2D eigenvalue weighted by Crippen LogP contribution is 2.37. The van der Waals surface area contributed by atoms with E-state index in [9.17, 15) is 14.9 Å². The van der Waals surface area contributed by atoms with Gasteiger partial charge in [0.25, 0.3) is 5.91 Å². The highest BCUT2D eigenvalue weighted by molar-refractivity contribution is 6.32.